The highest BCUT2D eigenvalue weighted by Gasteiger charge is 2.35. The smallest absolute Gasteiger partial charge is 0.112 e. The Hall–Kier alpha value is -2.33. The lowest BCUT2D eigenvalue weighted by molar-refractivity contribution is 0.123. The summed E-state index contributed by atoms with van der Waals surface area (Å²) in [4.78, 5) is 4.73. The maximum Gasteiger partial charge on any atom is 0.112 e. The van der Waals surface area contributed by atoms with E-state index < -0.39 is 6.10 Å². The number of anilines is 1. The molecule has 0 spiro atoms. The number of aliphatic hydroxyl groups is 1. The average Bonchev–Trinajstić information content (AvgIpc) is 2.86. The van der Waals surface area contributed by atoms with E-state index in [1.165, 1.54) is 0 Å². The Bertz CT molecular complexity index is 869. The minimum Gasteiger partial charge on any atom is -0.390 e. The highest BCUT2D eigenvalue weighted by atomic mass is 16.3. The first-order valence-corrected chi connectivity index (χ1v) is 8.03. The molecule has 0 amide bonds. The first-order chi connectivity index (χ1) is 11.1. The highest BCUT2D eigenvalue weighted by molar-refractivity contribution is 5.92. The molecule has 0 saturated carbocycles. The van der Waals surface area contributed by atoms with Gasteiger partial charge in [-0.2, -0.15) is 0 Å². The number of benzene rings is 2. The van der Waals surface area contributed by atoms with Gasteiger partial charge in [0.2, 0.25) is 0 Å². The standard InChI is InChI=1S/C19H21N3O/c1-11-14-9-10-15-18(20-12(2)22(15)3)17(14)21-16(19(11)23)13-7-5-4-6-8-13/h4-11,16,19,21,23H,1-3H3/t11-,16+,19-/m0/s1. The molecule has 0 unspecified atom stereocenters. The number of aromatic nitrogens is 2. The summed E-state index contributed by atoms with van der Waals surface area (Å²) < 4.78 is 2.10. The summed E-state index contributed by atoms with van der Waals surface area (Å²) >= 11 is 0. The van der Waals surface area contributed by atoms with Crippen molar-refractivity contribution >= 4 is 16.7 Å². The second-order valence-corrected chi connectivity index (χ2v) is 6.43. The summed E-state index contributed by atoms with van der Waals surface area (Å²) in [7, 11) is 2.03. The highest BCUT2D eigenvalue weighted by Crippen LogP contribution is 2.43. The Morgan fingerprint density at radius 3 is 2.61 bits per heavy atom. The summed E-state index contributed by atoms with van der Waals surface area (Å²) in [6.45, 7) is 4.10. The van der Waals surface area contributed by atoms with Crippen molar-refractivity contribution in [1.82, 2.24) is 9.55 Å². The van der Waals surface area contributed by atoms with Gasteiger partial charge in [0.1, 0.15) is 11.3 Å². The molecule has 0 aliphatic carbocycles. The zero-order valence-corrected chi connectivity index (χ0v) is 13.6. The van der Waals surface area contributed by atoms with E-state index in [4.69, 9.17) is 4.98 Å². The van der Waals surface area contributed by atoms with Crippen molar-refractivity contribution in [1.29, 1.82) is 0 Å². The van der Waals surface area contributed by atoms with Crippen LogP contribution in [-0.2, 0) is 7.05 Å². The van der Waals surface area contributed by atoms with Crippen LogP contribution in [0, 0.1) is 6.92 Å². The zero-order chi connectivity index (χ0) is 16.1. The number of nitrogens with zero attached hydrogens (tertiary/aromatic N) is 2. The minimum atomic E-state index is -0.466. The van der Waals surface area contributed by atoms with E-state index in [1.807, 2.05) is 32.2 Å². The number of hydrogen-bond donors (Lipinski definition) is 2. The van der Waals surface area contributed by atoms with Gasteiger partial charge in [-0.05, 0) is 24.1 Å². The fraction of sp³-hybridized carbons (Fsp3) is 0.316. The van der Waals surface area contributed by atoms with Crippen molar-refractivity contribution in [3.8, 4) is 0 Å². The third kappa shape index (κ3) is 2.05. The SMILES string of the molecule is Cc1nc2c3c(ccc2n1C)[C@H](C)[C@H](O)[C@@H](c1ccccc1)N3. The monoisotopic (exact) mass is 307 g/mol. The van der Waals surface area contributed by atoms with Gasteiger partial charge in [-0.25, -0.2) is 4.98 Å². The molecule has 118 valence electrons. The third-order valence-electron chi connectivity index (χ3n) is 5.11. The van der Waals surface area contributed by atoms with Crippen LogP contribution in [-0.4, -0.2) is 20.8 Å². The first kappa shape index (κ1) is 14.3. The molecule has 23 heavy (non-hydrogen) atoms. The molecule has 0 bridgehead atoms. The number of nitrogens with one attached hydrogen (secondary N) is 1. The molecule has 1 aliphatic rings. The predicted octanol–water partition coefficient (Wildman–Crippen LogP) is 3.51. The first-order valence-electron chi connectivity index (χ1n) is 8.03. The third-order valence-corrected chi connectivity index (χ3v) is 5.11. The lowest BCUT2D eigenvalue weighted by Gasteiger charge is -2.36. The van der Waals surface area contributed by atoms with Crippen LogP contribution < -0.4 is 5.32 Å². The normalized spacial score (nSPS) is 23.6. The Morgan fingerprint density at radius 1 is 1.13 bits per heavy atom. The van der Waals surface area contributed by atoms with Crippen LogP contribution in [0.2, 0.25) is 0 Å². The summed E-state index contributed by atoms with van der Waals surface area (Å²) in [5.74, 6) is 1.05. The number of fused-ring (bicyclic) bond motifs is 3. The Morgan fingerprint density at radius 2 is 1.87 bits per heavy atom. The van der Waals surface area contributed by atoms with E-state index in [1.54, 1.807) is 0 Å². The lowest BCUT2D eigenvalue weighted by Crippen LogP contribution is -2.35. The van der Waals surface area contributed by atoms with E-state index in [-0.39, 0.29) is 12.0 Å². The molecule has 0 saturated heterocycles. The molecule has 2 heterocycles. The van der Waals surface area contributed by atoms with Crippen LogP contribution >= 0.6 is 0 Å². The summed E-state index contributed by atoms with van der Waals surface area (Å²) in [6, 6.07) is 14.2. The lowest BCUT2D eigenvalue weighted by atomic mass is 9.83. The molecule has 0 fully saturated rings. The van der Waals surface area contributed by atoms with Crippen molar-refractivity contribution in [3.63, 3.8) is 0 Å². The van der Waals surface area contributed by atoms with Crippen LogP contribution in [0.15, 0.2) is 42.5 Å². The second kappa shape index (κ2) is 5.10. The van der Waals surface area contributed by atoms with Gasteiger partial charge in [-0.3, -0.25) is 0 Å². The van der Waals surface area contributed by atoms with Crippen molar-refractivity contribution in [2.75, 3.05) is 5.32 Å². The molecule has 1 aliphatic heterocycles. The van der Waals surface area contributed by atoms with Crippen molar-refractivity contribution in [3.05, 3.63) is 59.4 Å². The average molecular weight is 307 g/mol. The van der Waals surface area contributed by atoms with E-state index >= 15 is 0 Å². The molecule has 4 nitrogen and oxygen atoms in total. The van der Waals surface area contributed by atoms with Gasteiger partial charge >= 0.3 is 0 Å². The second-order valence-electron chi connectivity index (χ2n) is 6.43. The Kier molecular flexibility index (Phi) is 3.16. The van der Waals surface area contributed by atoms with Crippen LogP contribution in [0.5, 0.6) is 0 Å². The van der Waals surface area contributed by atoms with E-state index in [0.29, 0.717) is 0 Å². The van der Waals surface area contributed by atoms with Crippen LogP contribution in [0.4, 0.5) is 5.69 Å². The molecule has 4 heteroatoms. The quantitative estimate of drug-likeness (QED) is 0.723. The minimum absolute atomic E-state index is 0.0585. The molecule has 3 aromatic rings. The largest absolute Gasteiger partial charge is 0.390 e. The molecule has 2 aromatic carbocycles. The van der Waals surface area contributed by atoms with Crippen LogP contribution in [0.25, 0.3) is 11.0 Å². The van der Waals surface area contributed by atoms with Gasteiger partial charge in [0.05, 0.1) is 23.3 Å². The fourth-order valence-electron chi connectivity index (χ4n) is 3.58. The Balaban J connectivity index is 1.90. The van der Waals surface area contributed by atoms with Gasteiger partial charge in [0.25, 0.3) is 0 Å². The van der Waals surface area contributed by atoms with E-state index in [0.717, 1.165) is 33.7 Å². The van der Waals surface area contributed by atoms with Gasteiger partial charge in [-0.15, -0.1) is 0 Å². The zero-order valence-electron chi connectivity index (χ0n) is 13.6. The van der Waals surface area contributed by atoms with Gasteiger partial charge in [-0.1, -0.05) is 43.3 Å². The molecule has 3 atom stereocenters. The van der Waals surface area contributed by atoms with Crippen LogP contribution in [0.1, 0.15) is 35.8 Å². The summed E-state index contributed by atoms with van der Waals surface area (Å²) in [6.07, 6.45) is -0.466. The fourth-order valence-corrected chi connectivity index (χ4v) is 3.58. The van der Waals surface area contributed by atoms with Gasteiger partial charge < -0.3 is 15.0 Å². The molecule has 2 N–H and O–H groups in total. The number of aliphatic hydroxyl groups excluding tert-OH is 1. The maximum atomic E-state index is 10.8. The Labute approximate surface area is 135 Å². The number of imidazole rings is 1. The molecular formula is C19H21N3O. The molecule has 4 rings (SSSR count). The van der Waals surface area contributed by atoms with Gasteiger partial charge in [0.15, 0.2) is 0 Å². The molecule has 0 radical (unpaired) electrons. The van der Waals surface area contributed by atoms with E-state index in [2.05, 4.69) is 41.1 Å². The van der Waals surface area contributed by atoms with Crippen molar-refractivity contribution < 1.29 is 5.11 Å². The van der Waals surface area contributed by atoms with E-state index in [9.17, 15) is 5.11 Å². The van der Waals surface area contributed by atoms with Crippen molar-refractivity contribution in [2.24, 2.45) is 7.05 Å². The maximum absolute atomic E-state index is 10.8. The number of hydrogen-bond acceptors (Lipinski definition) is 3. The van der Waals surface area contributed by atoms with Gasteiger partial charge in [0, 0.05) is 13.0 Å². The molecular weight excluding hydrogens is 286 g/mol. The number of rotatable bonds is 1. The van der Waals surface area contributed by atoms with Crippen molar-refractivity contribution in [2.45, 2.75) is 31.9 Å². The topological polar surface area (TPSA) is 50.1 Å². The van der Waals surface area contributed by atoms with Crippen LogP contribution in [0.3, 0.4) is 0 Å². The summed E-state index contributed by atoms with van der Waals surface area (Å²) in [5.41, 5.74) is 5.39. The summed E-state index contributed by atoms with van der Waals surface area (Å²) in [5, 5.41) is 14.3. The molecule has 1 aromatic heterocycles. The number of aryl methyl sites for hydroxylation is 2. The predicted molar refractivity (Wildman–Crippen MR) is 92.7 cm³/mol.